The molecule has 0 bridgehead atoms. The van der Waals surface area contributed by atoms with Gasteiger partial charge in [0.1, 0.15) is 0 Å². The van der Waals surface area contributed by atoms with E-state index < -0.39 is 10.0 Å². The van der Waals surface area contributed by atoms with Gasteiger partial charge >= 0.3 is 0 Å². The van der Waals surface area contributed by atoms with Crippen LogP contribution in [0.4, 0.5) is 5.69 Å². The number of amides is 1. The number of nitrogens with one attached hydrogen (secondary N) is 3. The van der Waals surface area contributed by atoms with E-state index >= 15 is 0 Å². The molecule has 0 radical (unpaired) electrons. The molecule has 1 fully saturated rings. The summed E-state index contributed by atoms with van der Waals surface area (Å²) in [5, 5.41) is 7.14. The van der Waals surface area contributed by atoms with Crippen LogP contribution in [0.25, 0.3) is 0 Å². The Hall–Kier alpha value is -1.71. The molecule has 1 aromatic rings. The van der Waals surface area contributed by atoms with Crippen molar-refractivity contribution in [2.24, 2.45) is 0 Å². The first-order valence-corrected chi connectivity index (χ1v) is 7.73. The van der Waals surface area contributed by atoms with Crippen LogP contribution in [0.3, 0.4) is 0 Å². The van der Waals surface area contributed by atoms with Crippen molar-refractivity contribution in [3.8, 4) is 0 Å². The van der Waals surface area contributed by atoms with Crippen LogP contribution in [-0.4, -0.2) is 37.5 Å². The summed E-state index contributed by atoms with van der Waals surface area (Å²) in [6.45, 7) is 2.46. The van der Waals surface area contributed by atoms with Crippen LogP contribution in [0.1, 0.15) is 6.92 Å². The second kappa shape index (κ2) is 5.73. The van der Waals surface area contributed by atoms with E-state index in [0.29, 0.717) is 23.9 Å². The molecule has 0 saturated carbocycles. The maximum atomic E-state index is 12.1. The number of rotatable bonds is 4. The third-order valence-corrected chi connectivity index (χ3v) is 4.29. The van der Waals surface area contributed by atoms with Gasteiger partial charge in [-0.15, -0.1) is 4.83 Å². The molecule has 1 aliphatic rings. The van der Waals surface area contributed by atoms with Crippen molar-refractivity contribution in [3.63, 3.8) is 0 Å². The average molecular weight is 314 g/mol. The summed E-state index contributed by atoms with van der Waals surface area (Å²) in [7, 11) is -3.69. The molecule has 2 rings (SSSR count). The fourth-order valence-electron chi connectivity index (χ4n) is 1.68. The molecule has 1 heterocycles. The molecule has 3 N–H and O–H groups in total. The molecular formula is C11H14N4O3S2. The van der Waals surface area contributed by atoms with Crippen LogP contribution in [-0.2, 0) is 14.8 Å². The summed E-state index contributed by atoms with van der Waals surface area (Å²) < 4.78 is 24.3. The van der Waals surface area contributed by atoms with Crippen molar-refractivity contribution in [2.45, 2.75) is 11.8 Å². The monoisotopic (exact) mass is 314 g/mol. The average Bonchev–Trinajstić information content (AvgIpc) is 2.74. The third-order valence-electron chi connectivity index (χ3n) is 2.57. The van der Waals surface area contributed by atoms with Crippen molar-refractivity contribution in [1.82, 2.24) is 15.2 Å². The highest BCUT2D eigenvalue weighted by molar-refractivity contribution is 7.89. The molecule has 1 saturated heterocycles. The number of sulfonamides is 1. The van der Waals surface area contributed by atoms with E-state index in [2.05, 4.69) is 15.5 Å². The van der Waals surface area contributed by atoms with Crippen molar-refractivity contribution >= 4 is 38.9 Å². The van der Waals surface area contributed by atoms with E-state index in [1.54, 1.807) is 0 Å². The lowest BCUT2D eigenvalue weighted by atomic mass is 10.3. The molecule has 7 nitrogen and oxygen atoms in total. The minimum absolute atomic E-state index is 0.0984. The highest BCUT2D eigenvalue weighted by Crippen LogP contribution is 2.14. The number of anilines is 1. The number of thiocarbonyl (C=S) groups is 1. The van der Waals surface area contributed by atoms with Crippen LogP contribution in [0.2, 0.25) is 0 Å². The zero-order valence-electron chi connectivity index (χ0n) is 10.7. The predicted octanol–water partition coefficient (Wildman–Crippen LogP) is 0.0284. The molecular weight excluding hydrogens is 300 g/mol. The second-order valence-corrected chi connectivity index (χ2v) is 6.23. The van der Waals surface area contributed by atoms with Crippen LogP contribution >= 0.6 is 12.2 Å². The number of hydrogen-bond acceptors (Lipinski definition) is 4. The molecule has 0 unspecified atom stereocenters. The number of hydrogen-bond donors (Lipinski definition) is 3. The molecule has 9 heteroatoms. The molecule has 20 heavy (non-hydrogen) atoms. The van der Waals surface area contributed by atoms with E-state index in [1.165, 1.54) is 36.2 Å². The van der Waals surface area contributed by atoms with E-state index in [-0.39, 0.29) is 10.8 Å². The molecule has 1 aliphatic heterocycles. The molecule has 0 aliphatic carbocycles. The fraction of sp³-hybridized carbons (Fsp3) is 0.273. The lowest BCUT2D eigenvalue weighted by Gasteiger charge is -2.17. The number of hydrazine groups is 1. The lowest BCUT2D eigenvalue weighted by Crippen LogP contribution is -2.43. The van der Waals surface area contributed by atoms with Gasteiger partial charge in [0.15, 0.2) is 5.11 Å². The molecule has 0 aromatic heterocycles. The minimum Gasteiger partial charge on any atom is -0.360 e. The van der Waals surface area contributed by atoms with Crippen LogP contribution in [0.15, 0.2) is 29.2 Å². The van der Waals surface area contributed by atoms with Gasteiger partial charge in [0.2, 0.25) is 5.91 Å². The zero-order chi connectivity index (χ0) is 14.8. The van der Waals surface area contributed by atoms with Crippen LogP contribution in [0.5, 0.6) is 0 Å². The molecule has 0 spiro atoms. The second-order valence-electron chi connectivity index (χ2n) is 4.18. The van der Waals surface area contributed by atoms with Gasteiger partial charge in [0.05, 0.1) is 11.4 Å². The third kappa shape index (κ3) is 3.44. The van der Waals surface area contributed by atoms with Gasteiger partial charge in [-0.1, -0.05) is 0 Å². The largest absolute Gasteiger partial charge is 0.360 e. The summed E-state index contributed by atoms with van der Waals surface area (Å²) >= 11 is 4.97. The van der Waals surface area contributed by atoms with Gasteiger partial charge < -0.3 is 10.6 Å². The Labute approximate surface area is 122 Å². The Morgan fingerprint density at radius 2 is 2.00 bits per heavy atom. The Morgan fingerprint density at radius 3 is 2.50 bits per heavy atom. The number of carbonyl (C=O) groups excluding carboxylic acids is 1. The Bertz CT molecular complexity index is 628. The van der Waals surface area contributed by atoms with Crippen molar-refractivity contribution in [1.29, 1.82) is 0 Å². The molecule has 0 atom stereocenters. The summed E-state index contributed by atoms with van der Waals surface area (Å²) in [6, 6.07) is 5.88. The summed E-state index contributed by atoms with van der Waals surface area (Å²) in [5.41, 5.74) is 0.537. The van der Waals surface area contributed by atoms with Gasteiger partial charge in [-0.25, -0.2) is 8.42 Å². The van der Waals surface area contributed by atoms with Gasteiger partial charge in [-0.05, 0) is 36.5 Å². The Kier molecular flexibility index (Phi) is 4.21. The van der Waals surface area contributed by atoms with E-state index in [1.807, 2.05) is 0 Å². The van der Waals surface area contributed by atoms with Crippen molar-refractivity contribution in [3.05, 3.63) is 24.3 Å². The summed E-state index contributed by atoms with van der Waals surface area (Å²) in [4.78, 5) is 13.4. The maximum Gasteiger partial charge on any atom is 0.257 e. The van der Waals surface area contributed by atoms with Crippen LogP contribution in [0, 0.1) is 0 Å². The summed E-state index contributed by atoms with van der Waals surface area (Å²) in [5.74, 6) is -0.216. The van der Waals surface area contributed by atoms with E-state index in [0.717, 1.165) is 0 Å². The standard InChI is InChI=1S/C11H14N4O3S2/c1-8(16)13-9-2-4-10(5-3-9)20(17,18)14-15-7-6-12-11(15)19/h2-5,14H,6-7H2,1H3,(H,12,19)(H,13,16). The maximum absolute atomic E-state index is 12.1. The van der Waals surface area contributed by atoms with Gasteiger partial charge in [-0.3, -0.25) is 9.80 Å². The van der Waals surface area contributed by atoms with E-state index in [4.69, 9.17) is 12.2 Å². The quantitative estimate of drug-likeness (QED) is 0.679. The van der Waals surface area contributed by atoms with Gasteiger partial charge in [0, 0.05) is 19.2 Å². The Balaban J connectivity index is 2.13. The van der Waals surface area contributed by atoms with E-state index in [9.17, 15) is 13.2 Å². The van der Waals surface area contributed by atoms with Crippen molar-refractivity contribution < 1.29 is 13.2 Å². The number of nitrogens with zero attached hydrogens (tertiary/aromatic N) is 1. The zero-order valence-corrected chi connectivity index (χ0v) is 12.3. The number of carbonyl (C=O) groups is 1. The number of benzene rings is 1. The highest BCUT2D eigenvalue weighted by atomic mass is 32.2. The van der Waals surface area contributed by atoms with Gasteiger partial charge in [0.25, 0.3) is 10.0 Å². The fourth-order valence-corrected chi connectivity index (χ4v) is 3.05. The van der Waals surface area contributed by atoms with Crippen LogP contribution < -0.4 is 15.5 Å². The van der Waals surface area contributed by atoms with Crippen molar-refractivity contribution in [2.75, 3.05) is 18.4 Å². The lowest BCUT2D eigenvalue weighted by molar-refractivity contribution is -0.114. The highest BCUT2D eigenvalue weighted by Gasteiger charge is 2.23. The Morgan fingerprint density at radius 1 is 1.35 bits per heavy atom. The molecule has 1 amide bonds. The minimum atomic E-state index is -3.69. The SMILES string of the molecule is CC(=O)Nc1ccc(S(=O)(=O)NN2CCNC2=S)cc1. The molecule has 108 valence electrons. The smallest absolute Gasteiger partial charge is 0.257 e. The van der Waals surface area contributed by atoms with Gasteiger partial charge in [-0.2, -0.15) is 0 Å². The first-order chi connectivity index (χ1) is 9.38. The normalized spacial score (nSPS) is 15.1. The first kappa shape index (κ1) is 14.7. The summed E-state index contributed by atoms with van der Waals surface area (Å²) in [6.07, 6.45) is 0. The first-order valence-electron chi connectivity index (χ1n) is 5.84. The topological polar surface area (TPSA) is 90.5 Å². The predicted molar refractivity (Wildman–Crippen MR) is 78.4 cm³/mol. The molecule has 1 aromatic carbocycles.